The molecule has 1 fully saturated rings. The van der Waals surface area contributed by atoms with E-state index >= 15 is 0 Å². The molecule has 6 nitrogen and oxygen atoms in total. The third kappa shape index (κ3) is 4.10. The van der Waals surface area contributed by atoms with Gasteiger partial charge >= 0.3 is 5.97 Å². The normalized spacial score (nSPS) is 24.0. The van der Waals surface area contributed by atoms with Crippen molar-refractivity contribution in [3.63, 3.8) is 0 Å². The lowest BCUT2D eigenvalue weighted by atomic mass is 9.74. The summed E-state index contributed by atoms with van der Waals surface area (Å²) in [6.45, 7) is 1.70. The van der Waals surface area contributed by atoms with Crippen LogP contribution < -0.4 is 5.32 Å². The number of carboxylic acid groups (broad SMARTS) is 1. The average Bonchev–Trinajstić information content (AvgIpc) is 2.99. The van der Waals surface area contributed by atoms with Gasteiger partial charge in [0.25, 0.3) is 5.91 Å². The minimum atomic E-state index is -0.879. The summed E-state index contributed by atoms with van der Waals surface area (Å²) >= 11 is 1.33. The average molecular weight is 338 g/mol. The summed E-state index contributed by atoms with van der Waals surface area (Å²) in [5.74, 6) is -2.00. The summed E-state index contributed by atoms with van der Waals surface area (Å²) in [7, 11) is 1.57. The number of hydrogen-bond donors (Lipinski definition) is 2. The maximum Gasteiger partial charge on any atom is 0.308 e. The quantitative estimate of drug-likeness (QED) is 0.859. The van der Waals surface area contributed by atoms with Crippen LogP contribution >= 0.6 is 11.3 Å². The SMILES string of the molecule is CN(CC(=O)NC1(C)CCCCC1C(=O)O)C(=O)c1cccs1. The third-order valence-corrected chi connectivity index (χ3v) is 5.25. The Morgan fingerprint density at radius 1 is 1.43 bits per heavy atom. The highest BCUT2D eigenvalue weighted by molar-refractivity contribution is 7.12. The number of aliphatic carboxylic acids is 1. The van der Waals surface area contributed by atoms with E-state index in [1.165, 1.54) is 16.2 Å². The van der Waals surface area contributed by atoms with Crippen LogP contribution in [0.2, 0.25) is 0 Å². The van der Waals surface area contributed by atoms with E-state index in [1.807, 2.05) is 5.38 Å². The zero-order chi connectivity index (χ0) is 17.0. The van der Waals surface area contributed by atoms with Gasteiger partial charge in [0.15, 0.2) is 0 Å². The fourth-order valence-corrected chi connectivity index (χ4v) is 3.83. The molecule has 0 spiro atoms. The standard InChI is InChI=1S/C16H22N2O4S/c1-16(8-4-3-6-11(16)15(21)22)17-13(19)10-18(2)14(20)12-7-5-9-23-12/h5,7,9,11H,3-4,6,8,10H2,1-2H3,(H,17,19)(H,21,22). The van der Waals surface area contributed by atoms with Crippen LogP contribution in [0.5, 0.6) is 0 Å². The zero-order valence-corrected chi connectivity index (χ0v) is 14.2. The molecule has 126 valence electrons. The molecule has 0 aliphatic heterocycles. The summed E-state index contributed by atoms with van der Waals surface area (Å²) in [6.07, 6.45) is 2.96. The maximum absolute atomic E-state index is 12.3. The Kier molecular flexibility index (Phi) is 5.41. The van der Waals surface area contributed by atoms with Crippen LogP contribution in [0.25, 0.3) is 0 Å². The minimum Gasteiger partial charge on any atom is -0.481 e. The molecular weight excluding hydrogens is 316 g/mol. The molecule has 23 heavy (non-hydrogen) atoms. The summed E-state index contributed by atoms with van der Waals surface area (Å²) in [4.78, 5) is 37.8. The van der Waals surface area contributed by atoms with E-state index in [9.17, 15) is 19.5 Å². The number of likely N-dealkylation sites (N-methyl/N-ethyl adjacent to an activating group) is 1. The lowest BCUT2D eigenvalue weighted by Gasteiger charge is -2.40. The fraction of sp³-hybridized carbons (Fsp3) is 0.562. The molecular formula is C16H22N2O4S. The van der Waals surface area contributed by atoms with Gasteiger partial charge < -0.3 is 15.3 Å². The summed E-state index contributed by atoms with van der Waals surface area (Å²) in [5, 5.41) is 14.0. The topological polar surface area (TPSA) is 86.7 Å². The van der Waals surface area contributed by atoms with Crippen molar-refractivity contribution in [3.05, 3.63) is 22.4 Å². The van der Waals surface area contributed by atoms with Crippen molar-refractivity contribution in [3.8, 4) is 0 Å². The molecule has 0 radical (unpaired) electrons. The zero-order valence-electron chi connectivity index (χ0n) is 13.4. The Hall–Kier alpha value is -1.89. The minimum absolute atomic E-state index is 0.0847. The Balaban J connectivity index is 1.97. The van der Waals surface area contributed by atoms with Gasteiger partial charge in [-0.3, -0.25) is 14.4 Å². The van der Waals surface area contributed by atoms with Gasteiger partial charge in [0.1, 0.15) is 0 Å². The monoisotopic (exact) mass is 338 g/mol. The van der Waals surface area contributed by atoms with Crippen LogP contribution in [0.4, 0.5) is 0 Å². The molecule has 0 saturated heterocycles. The molecule has 1 saturated carbocycles. The first-order valence-electron chi connectivity index (χ1n) is 7.66. The highest BCUT2D eigenvalue weighted by atomic mass is 32.1. The Morgan fingerprint density at radius 3 is 2.78 bits per heavy atom. The lowest BCUT2D eigenvalue weighted by molar-refractivity contribution is -0.146. The number of carboxylic acids is 1. The van der Waals surface area contributed by atoms with E-state index < -0.39 is 17.4 Å². The summed E-state index contributed by atoms with van der Waals surface area (Å²) in [5.41, 5.74) is -0.756. The molecule has 1 aromatic rings. The number of carbonyl (C=O) groups excluding carboxylic acids is 2. The smallest absolute Gasteiger partial charge is 0.308 e. The van der Waals surface area contributed by atoms with Crippen molar-refractivity contribution in [2.45, 2.75) is 38.1 Å². The fourth-order valence-electron chi connectivity index (χ4n) is 3.11. The molecule has 0 aromatic carbocycles. The highest BCUT2D eigenvalue weighted by Crippen LogP contribution is 2.33. The number of hydrogen-bond acceptors (Lipinski definition) is 4. The molecule has 2 rings (SSSR count). The first-order chi connectivity index (χ1) is 10.8. The molecule has 2 amide bonds. The predicted molar refractivity (Wildman–Crippen MR) is 87.4 cm³/mol. The second-order valence-corrected chi connectivity index (χ2v) is 7.19. The molecule has 1 heterocycles. The molecule has 1 aliphatic rings. The Morgan fingerprint density at radius 2 is 2.17 bits per heavy atom. The van der Waals surface area contributed by atoms with Gasteiger partial charge in [0.05, 0.1) is 22.9 Å². The molecule has 2 atom stereocenters. The molecule has 2 N–H and O–H groups in total. The summed E-state index contributed by atoms with van der Waals surface area (Å²) < 4.78 is 0. The van der Waals surface area contributed by atoms with E-state index in [0.29, 0.717) is 17.7 Å². The second-order valence-electron chi connectivity index (χ2n) is 6.24. The van der Waals surface area contributed by atoms with E-state index in [-0.39, 0.29) is 18.4 Å². The number of rotatable bonds is 5. The molecule has 0 bridgehead atoms. The third-order valence-electron chi connectivity index (χ3n) is 4.39. The second kappa shape index (κ2) is 7.12. The predicted octanol–water partition coefficient (Wildman–Crippen LogP) is 1.97. The van der Waals surface area contributed by atoms with Gasteiger partial charge in [0.2, 0.25) is 5.91 Å². The van der Waals surface area contributed by atoms with E-state index in [4.69, 9.17) is 0 Å². The van der Waals surface area contributed by atoms with Crippen molar-refractivity contribution in [2.75, 3.05) is 13.6 Å². The maximum atomic E-state index is 12.3. The Labute approximate surface area is 139 Å². The van der Waals surface area contributed by atoms with Crippen LogP contribution in [0.15, 0.2) is 17.5 Å². The van der Waals surface area contributed by atoms with Crippen molar-refractivity contribution in [2.24, 2.45) is 5.92 Å². The van der Waals surface area contributed by atoms with E-state index in [1.54, 1.807) is 26.1 Å². The van der Waals surface area contributed by atoms with Crippen LogP contribution in [-0.2, 0) is 9.59 Å². The van der Waals surface area contributed by atoms with Gasteiger partial charge in [0, 0.05) is 7.05 Å². The molecule has 7 heteroatoms. The van der Waals surface area contributed by atoms with Crippen LogP contribution in [0.3, 0.4) is 0 Å². The van der Waals surface area contributed by atoms with Crippen molar-refractivity contribution in [1.29, 1.82) is 0 Å². The molecule has 1 aromatic heterocycles. The Bertz CT molecular complexity index is 587. The largest absolute Gasteiger partial charge is 0.481 e. The number of carbonyl (C=O) groups is 3. The van der Waals surface area contributed by atoms with Crippen molar-refractivity contribution in [1.82, 2.24) is 10.2 Å². The highest BCUT2D eigenvalue weighted by Gasteiger charge is 2.42. The van der Waals surface area contributed by atoms with Gasteiger partial charge in [-0.25, -0.2) is 0 Å². The van der Waals surface area contributed by atoms with Crippen LogP contribution in [0.1, 0.15) is 42.3 Å². The molecule has 2 unspecified atom stereocenters. The number of nitrogens with zero attached hydrogens (tertiary/aromatic N) is 1. The summed E-state index contributed by atoms with van der Waals surface area (Å²) in [6, 6.07) is 3.50. The van der Waals surface area contributed by atoms with E-state index in [2.05, 4.69) is 5.32 Å². The first-order valence-corrected chi connectivity index (χ1v) is 8.54. The number of thiophene rings is 1. The number of nitrogens with one attached hydrogen (secondary N) is 1. The van der Waals surface area contributed by atoms with Crippen LogP contribution in [-0.4, -0.2) is 46.9 Å². The van der Waals surface area contributed by atoms with Gasteiger partial charge in [-0.1, -0.05) is 18.9 Å². The van der Waals surface area contributed by atoms with Crippen LogP contribution in [0, 0.1) is 5.92 Å². The first kappa shape index (κ1) is 17.5. The van der Waals surface area contributed by atoms with Crippen molar-refractivity contribution < 1.29 is 19.5 Å². The van der Waals surface area contributed by atoms with Gasteiger partial charge in [-0.15, -0.1) is 11.3 Å². The van der Waals surface area contributed by atoms with Crippen molar-refractivity contribution >= 4 is 29.1 Å². The van der Waals surface area contributed by atoms with E-state index in [0.717, 1.165) is 12.8 Å². The van der Waals surface area contributed by atoms with Gasteiger partial charge in [-0.05, 0) is 31.2 Å². The van der Waals surface area contributed by atoms with Gasteiger partial charge in [-0.2, -0.15) is 0 Å². The number of amides is 2. The molecule has 1 aliphatic carbocycles. The lowest BCUT2D eigenvalue weighted by Crippen LogP contribution is -2.57.